The number of benzene rings is 8. The number of aromatic nitrogens is 1. The molecule has 2 heterocycles. The molecule has 3 heteroatoms. The first-order valence-corrected chi connectivity index (χ1v) is 16.7. The van der Waals surface area contributed by atoms with Gasteiger partial charge in [0.1, 0.15) is 11.2 Å². The van der Waals surface area contributed by atoms with Crippen LogP contribution < -0.4 is 4.90 Å². The molecule has 0 saturated carbocycles. The first kappa shape index (κ1) is 27.5. The quantitative estimate of drug-likeness (QED) is 0.190. The Labute approximate surface area is 283 Å². The van der Waals surface area contributed by atoms with Crippen molar-refractivity contribution in [1.82, 2.24) is 4.57 Å². The van der Waals surface area contributed by atoms with Crippen LogP contribution in [-0.2, 0) is 0 Å². The van der Waals surface area contributed by atoms with E-state index in [4.69, 9.17) is 4.42 Å². The molecule has 3 nitrogen and oxygen atoms in total. The van der Waals surface area contributed by atoms with Crippen molar-refractivity contribution in [3.63, 3.8) is 0 Å². The van der Waals surface area contributed by atoms with Crippen molar-refractivity contribution in [2.75, 3.05) is 4.90 Å². The molecule has 0 radical (unpaired) electrons. The number of fused-ring (bicyclic) bond motifs is 8. The minimum Gasteiger partial charge on any atom is -0.456 e. The third kappa shape index (κ3) is 4.44. The summed E-state index contributed by atoms with van der Waals surface area (Å²) in [6, 6.07) is 64.8. The van der Waals surface area contributed by atoms with Crippen LogP contribution in [0.1, 0.15) is 0 Å². The smallest absolute Gasteiger partial charge is 0.137 e. The van der Waals surface area contributed by atoms with Gasteiger partial charge in [0.05, 0.1) is 11.0 Å². The topological polar surface area (TPSA) is 21.3 Å². The van der Waals surface area contributed by atoms with Crippen LogP contribution in [-0.4, -0.2) is 4.57 Å². The Morgan fingerprint density at radius 3 is 1.82 bits per heavy atom. The molecule has 10 aromatic rings. The molecule has 0 bridgehead atoms. The van der Waals surface area contributed by atoms with Crippen LogP contribution in [0.2, 0.25) is 0 Å². The van der Waals surface area contributed by atoms with Crippen LogP contribution in [0.15, 0.2) is 186 Å². The van der Waals surface area contributed by atoms with Gasteiger partial charge in [-0.15, -0.1) is 0 Å². The second kappa shape index (κ2) is 11.0. The van der Waals surface area contributed by atoms with Crippen molar-refractivity contribution >= 4 is 71.6 Å². The fourth-order valence-corrected chi connectivity index (χ4v) is 7.51. The summed E-state index contributed by atoms with van der Waals surface area (Å²) in [5, 5.41) is 7.26. The summed E-state index contributed by atoms with van der Waals surface area (Å²) in [5.41, 5.74) is 10.8. The Morgan fingerprint density at radius 2 is 1.00 bits per heavy atom. The molecule has 0 saturated heterocycles. The van der Waals surface area contributed by atoms with Crippen molar-refractivity contribution < 1.29 is 4.42 Å². The summed E-state index contributed by atoms with van der Waals surface area (Å²) in [4.78, 5) is 2.29. The highest BCUT2D eigenvalue weighted by atomic mass is 16.3. The molecular formula is C46H30N2O. The predicted molar refractivity (Wildman–Crippen MR) is 206 cm³/mol. The van der Waals surface area contributed by atoms with Crippen molar-refractivity contribution in [2.24, 2.45) is 0 Å². The maximum Gasteiger partial charge on any atom is 0.137 e. The van der Waals surface area contributed by atoms with Gasteiger partial charge in [0, 0.05) is 56.4 Å². The molecule has 10 rings (SSSR count). The Bertz CT molecular complexity index is 2810. The van der Waals surface area contributed by atoms with Gasteiger partial charge in [0.2, 0.25) is 0 Å². The van der Waals surface area contributed by atoms with Gasteiger partial charge in [-0.1, -0.05) is 109 Å². The van der Waals surface area contributed by atoms with E-state index < -0.39 is 0 Å². The van der Waals surface area contributed by atoms with Crippen molar-refractivity contribution in [3.05, 3.63) is 182 Å². The highest BCUT2D eigenvalue weighted by molar-refractivity contribution is 6.21. The minimum atomic E-state index is 0.861. The Kier molecular flexibility index (Phi) is 6.18. The molecule has 0 fully saturated rings. The van der Waals surface area contributed by atoms with E-state index in [-0.39, 0.29) is 0 Å². The van der Waals surface area contributed by atoms with Gasteiger partial charge < -0.3 is 13.9 Å². The van der Waals surface area contributed by atoms with Gasteiger partial charge >= 0.3 is 0 Å². The van der Waals surface area contributed by atoms with Gasteiger partial charge in [0.25, 0.3) is 0 Å². The number of furan rings is 1. The number of rotatable bonds is 5. The monoisotopic (exact) mass is 626 g/mol. The molecule has 0 aliphatic heterocycles. The van der Waals surface area contributed by atoms with Gasteiger partial charge in [0.15, 0.2) is 0 Å². The summed E-state index contributed by atoms with van der Waals surface area (Å²) < 4.78 is 9.05. The van der Waals surface area contributed by atoms with Crippen LogP contribution in [0, 0.1) is 0 Å². The number of para-hydroxylation sites is 2. The zero-order valence-electron chi connectivity index (χ0n) is 26.6. The molecule has 0 spiro atoms. The van der Waals surface area contributed by atoms with Crippen LogP contribution in [0.25, 0.3) is 71.3 Å². The minimum absolute atomic E-state index is 0.861. The largest absolute Gasteiger partial charge is 0.456 e. The highest BCUT2D eigenvalue weighted by Gasteiger charge is 2.18. The first-order valence-electron chi connectivity index (χ1n) is 16.7. The van der Waals surface area contributed by atoms with Crippen LogP contribution in [0.3, 0.4) is 0 Å². The Morgan fingerprint density at radius 1 is 0.388 bits per heavy atom. The van der Waals surface area contributed by atoms with E-state index in [0.29, 0.717) is 0 Å². The second-order valence-corrected chi connectivity index (χ2v) is 12.6. The van der Waals surface area contributed by atoms with Gasteiger partial charge in [-0.05, 0) is 82.6 Å². The zero-order chi connectivity index (χ0) is 32.3. The third-order valence-electron chi connectivity index (χ3n) is 9.77. The lowest BCUT2D eigenvalue weighted by molar-refractivity contribution is 0.668. The second-order valence-electron chi connectivity index (χ2n) is 12.6. The molecule has 0 unspecified atom stereocenters. The molecule has 8 aromatic carbocycles. The highest BCUT2D eigenvalue weighted by Crippen LogP contribution is 2.41. The molecule has 0 amide bonds. The van der Waals surface area contributed by atoms with Crippen LogP contribution in [0.4, 0.5) is 17.1 Å². The fraction of sp³-hybridized carbons (Fsp3) is 0. The SMILES string of the molecule is c1ccc(-c2ccc(N(c3ccccc3)c3ccc4c(c3)oc3cc(-n5c6ccccc6c6c7ccccc7ccc65)ccc34)cc2)cc1. The molecule has 0 aliphatic rings. The number of hydrogen-bond donors (Lipinski definition) is 0. The fourth-order valence-electron chi connectivity index (χ4n) is 7.51. The number of anilines is 3. The van der Waals surface area contributed by atoms with E-state index in [1.54, 1.807) is 0 Å². The first-order chi connectivity index (χ1) is 24.3. The van der Waals surface area contributed by atoms with E-state index in [2.05, 4.69) is 191 Å². The van der Waals surface area contributed by atoms with Gasteiger partial charge in [-0.25, -0.2) is 0 Å². The normalized spacial score (nSPS) is 11.7. The third-order valence-corrected chi connectivity index (χ3v) is 9.77. The molecule has 230 valence electrons. The average Bonchev–Trinajstić information content (AvgIpc) is 3.71. The Hall–Kier alpha value is -6.58. The summed E-state index contributed by atoms with van der Waals surface area (Å²) in [6.45, 7) is 0. The van der Waals surface area contributed by atoms with Crippen LogP contribution >= 0.6 is 0 Å². The lowest BCUT2D eigenvalue weighted by atomic mass is 10.0. The van der Waals surface area contributed by atoms with E-state index in [0.717, 1.165) is 44.7 Å². The summed E-state index contributed by atoms with van der Waals surface area (Å²) in [5.74, 6) is 0. The molecule has 0 aliphatic carbocycles. The summed E-state index contributed by atoms with van der Waals surface area (Å²) in [7, 11) is 0. The van der Waals surface area contributed by atoms with Gasteiger partial charge in [-0.2, -0.15) is 0 Å². The van der Waals surface area contributed by atoms with E-state index in [1.165, 1.54) is 43.7 Å². The Balaban J connectivity index is 1.11. The van der Waals surface area contributed by atoms with Crippen LogP contribution in [0.5, 0.6) is 0 Å². The molecule has 0 atom stereocenters. The van der Waals surface area contributed by atoms with E-state index in [1.807, 2.05) is 0 Å². The lowest BCUT2D eigenvalue weighted by Crippen LogP contribution is -2.09. The average molecular weight is 627 g/mol. The van der Waals surface area contributed by atoms with Crippen molar-refractivity contribution in [1.29, 1.82) is 0 Å². The molecular weight excluding hydrogens is 597 g/mol. The molecule has 2 aromatic heterocycles. The maximum absolute atomic E-state index is 6.69. The van der Waals surface area contributed by atoms with E-state index in [9.17, 15) is 0 Å². The standard InChI is InChI=1S/C46H30N2O/c1-3-11-31(12-4-1)32-19-22-35(23-20-32)47(34-14-5-2-6-15-34)36-24-26-39-40-27-25-37(30-45(40)49-44(39)29-36)48-42-18-10-9-17-41(42)46-38-16-8-7-13-33(38)21-28-43(46)48/h1-30H. The number of nitrogens with zero attached hydrogens (tertiary/aromatic N) is 2. The lowest BCUT2D eigenvalue weighted by Gasteiger charge is -2.25. The van der Waals surface area contributed by atoms with Crippen molar-refractivity contribution in [2.45, 2.75) is 0 Å². The molecule has 0 N–H and O–H groups in total. The summed E-state index contributed by atoms with van der Waals surface area (Å²) in [6.07, 6.45) is 0. The number of hydrogen-bond acceptors (Lipinski definition) is 2. The predicted octanol–water partition coefficient (Wildman–Crippen LogP) is 13.0. The van der Waals surface area contributed by atoms with Gasteiger partial charge in [-0.3, -0.25) is 0 Å². The van der Waals surface area contributed by atoms with Crippen molar-refractivity contribution in [3.8, 4) is 16.8 Å². The zero-order valence-corrected chi connectivity index (χ0v) is 26.6. The maximum atomic E-state index is 6.69. The molecule has 49 heavy (non-hydrogen) atoms. The van der Waals surface area contributed by atoms with E-state index >= 15 is 0 Å². The summed E-state index contributed by atoms with van der Waals surface area (Å²) >= 11 is 0.